The molecule has 0 N–H and O–H groups in total. The Hall–Kier alpha value is -1.22. The summed E-state index contributed by atoms with van der Waals surface area (Å²) in [6.07, 6.45) is 5.96. The van der Waals surface area contributed by atoms with Gasteiger partial charge in [-0.15, -0.1) is 12.3 Å². The van der Waals surface area contributed by atoms with Crippen LogP contribution in [0.5, 0.6) is 0 Å². The van der Waals surface area contributed by atoms with Crippen molar-refractivity contribution in [1.29, 1.82) is 0 Å². The van der Waals surface area contributed by atoms with Crippen molar-refractivity contribution in [3.05, 3.63) is 35.4 Å². The molecule has 1 rings (SSSR count). The molecule has 0 amide bonds. The fourth-order valence-corrected chi connectivity index (χ4v) is 1.24. The van der Waals surface area contributed by atoms with E-state index in [4.69, 9.17) is 6.42 Å². The predicted molar refractivity (Wildman–Crippen MR) is 57.7 cm³/mol. The zero-order valence-corrected chi connectivity index (χ0v) is 8.59. The van der Waals surface area contributed by atoms with Crippen LogP contribution in [0.2, 0.25) is 0 Å². The van der Waals surface area contributed by atoms with Crippen LogP contribution in [0.1, 0.15) is 31.9 Å². The molecule has 0 saturated heterocycles. The van der Waals surface area contributed by atoms with Gasteiger partial charge in [0, 0.05) is 6.42 Å². The van der Waals surface area contributed by atoms with Crippen molar-refractivity contribution in [1.82, 2.24) is 0 Å². The van der Waals surface area contributed by atoms with Gasteiger partial charge >= 0.3 is 0 Å². The smallest absolute Gasteiger partial charge is 0.0337 e. The van der Waals surface area contributed by atoms with E-state index in [0.717, 1.165) is 6.42 Å². The Morgan fingerprint density at radius 1 is 1.15 bits per heavy atom. The van der Waals surface area contributed by atoms with Gasteiger partial charge in [-0.1, -0.05) is 45.0 Å². The molecule has 13 heavy (non-hydrogen) atoms. The number of hydrogen-bond donors (Lipinski definition) is 0. The van der Waals surface area contributed by atoms with Crippen molar-refractivity contribution >= 4 is 0 Å². The Bertz CT molecular complexity index is 303. The van der Waals surface area contributed by atoms with Crippen molar-refractivity contribution in [2.45, 2.75) is 32.6 Å². The molecule has 0 aliphatic carbocycles. The van der Waals surface area contributed by atoms with Gasteiger partial charge in [0.1, 0.15) is 0 Å². The Labute approximate surface area is 81.0 Å². The molecule has 0 heteroatoms. The van der Waals surface area contributed by atoms with E-state index in [-0.39, 0.29) is 5.41 Å². The Balaban J connectivity index is 2.89. The first kappa shape index (κ1) is 9.86. The van der Waals surface area contributed by atoms with Gasteiger partial charge in [-0.25, -0.2) is 0 Å². The summed E-state index contributed by atoms with van der Waals surface area (Å²) < 4.78 is 0. The standard InChI is InChI=1S/C13H16/c1-5-6-11-7-9-12(10-8-11)13(2,3)4/h1,7-10H,6H2,2-4H3. The molecular formula is C13H16. The highest BCUT2D eigenvalue weighted by Crippen LogP contribution is 2.22. The molecule has 0 unspecified atom stereocenters. The van der Waals surface area contributed by atoms with Crippen LogP contribution in [0.15, 0.2) is 24.3 Å². The van der Waals surface area contributed by atoms with E-state index in [1.165, 1.54) is 11.1 Å². The summed E-state index contributed by atoms with van der Waals surface area (Å²) in [5.41, 5.74) is 2.80. The van der Waals surface area contributed by atoms with Crippen molar-refractivity contribution in [3.63, 3.8) is 0 Å². The number of benzene rings is 1. The molecule has 0 heterocycles. The average molecular weight is 172 g/mol. The van der Waals surface area contributed by atoms with Crippen LogP contribution in [0.25, 0.3) is 0 Å². The van der Waals surface area contributed by atoms with E-state index >= 15 is 0 Å². The minimum Gasteiger partial charge on any atom is -0.120 e. The molecule has 0 aliphatic rings. The van der Waals surface area contributed by atoms with E-state index in [2.05, 4.69) is 51.0 Å². The van der Waals surface area contributed by atoms with Gasteiger partial charge in [-0.3, -0.25) is 0 Å². The maximum atomic E-state index is 5.23. The third kappa shape index (κ3) is 2.63. The van der Waals surface area contributed by atoms with Crippen molar-refractivity contribution in [2.75, 3.05) is 0 Å². The Kier molecular flexibility index (Phi) is 2.78. The summed E-state index contributed by atoms with van der Waals surface area (Å²) in [4.78, 5) is 0. The molecule has 0 saturated carbocycles. The highest BCUT2D eigenvalue weighted by atomic mass is 14.2. The van der Waals surface area contributed by atoms with Crippen molar-refractivity contribution in [3.8, 4) is 12.3 Å². The SMILES string of the molecule is C#CCc1ccc(C(C)(C)C)cc1. The Morgan fingerprint density at radius 3 is 2.08 bits per heavy atom. The highest BCUT2D eigenvalue weighted by Gasteiger charge is 2.12. The lowest BCUT2D eigenvalue weighted by Gasteiger charge is -2.18. The quantitative estimate of drug-likeness (QED) is 0.571. The maximum Gasteiger partial charge on any atom is 0.0337 e. The number of hydrogen-bond acceptors (Lipinski definition) is 0. The molecule has 68 valence electrons. The van der Waals surface area contributed by atoms with Gasteiger partial charge < -0.3 is 0 Å². The molecule has 0 aromatic heterocycles. The van der Waals surface area contributed by atoms with Crippen LogP contribution < -0.4 is 0 Å². The molecule has 0 aliphatic heterocycles. The lowest BCUT2D eigenvalue weighted by molar-refractivity contribution is 0.590. The molecule has 0 bridgehead atoms. The largest absolute Gasteiger partial charge is 0.120 e. The summed E-state index contributed by atoms with van der Waals surface area (Å²) >= 11 is 0. The van der Waals surface area contributed by atoms with Crippen molar-refractivity contribution in [2.24, 2.45) is 0 Å². The normalized spacial score (nSPS) is 10.9. The van der Waals surface area contributed by atoms with Gasteiger partial charge in [-0.05, 0) is 16.5 Å². The summed E-state index contributed by atoms with van der Waals surface area (Å²) in [5.74, 6) is 2.64. The third-order valence-electron chi connectivity index (χ3n) is 2.13. The molecule has 0 radical (unpaired) electrons. The molecule has 0 atom stereocenters. The second-order valence-corrected chi connectivity index (χ2v) is 4.33. The molecule has 0 nitrogen and oxygen atoms in total. The first-order valence-electron chi connectivity index (χ1n) is 4.57. The topological polar surface area (TPSA) is 0 Å². The van der Waals surface area contributed by atoms with E-state index in [9.17, 15) is 0 Å². The van der Waals surface area contributed by atoms with Gasteiger partial charge in [0.15, 0.2) is 0 Å². The van der Waals surface area contributed by atoms with Crippen LogP contribution in [0.3, 0.4) is 0 Å². The molecule has 0 spiro atoms. The molecule has 1 aromatic rings. The van der Waals surface area contributed by atoms with Crippen molar-refractivity contribution < 1.29 is 0 Å². The summed E-state index contributed by atoms with van der Waals surface area (Å²) in [5, 5.41) is 0. The van der Waals surface area contributed by atoms with Crippen LogP contribution >= 0.6 is 0 Å². The van der Waals surface area contributed by atoms with Crippen LogP contribution in [-0.2, 0) is 11.8 Å². The highest BCUT2D eigenvalue weighted by molar-refractivity contribution is 5.29. The zero-order chi connectivity index (χ0) is 9.90. The summed E-state index contributed by atoms with van der Waals surface area (Å²) in [6.45, 7) is 6.63. The maximum absolute atomic E-state index is 5.23. The van der Waals surface area contributed by atoms with E-state index in [1.54, 1.807) is 0 Å². The first-order valence-corrected chi connectivity index (χ1v) is 4.57. The number of terminal acetylenes is 1. The summed E-state index contributed by atoms with van der Waals surface area (Å²) in [7, 11) is 0. The van der Waals surface area contributed by atoms with Crippen LogP contribution in [0, 0.1) is 12.3 Å². The minimum absolute atomic E-state index is 0.231. The van der Waals surface area contributed by atoms with E-state index < -0.39 is 0 Å². The molecule has 1 aromatic carbocycles. The molecular weight excluding hydrogens is 156 g/mol. The monoisotopic (exact) mass is 172 g/mol. The second kappa shape index (κ2) is 3.66. The number of rotatable bonds is 1. The summed E-state index contributed by atoms with van der Waals surface area (Å²) in [6, 6.07) is 8.54. The van der Waals surface area contributed by atoms with Gasteiger partial charge in [0.05, 0.1) is 0 Å². The predicted octanol–water partition coefficient (Wildman–Crippen LogP) is 3.16. The van der Waals surface area contributed by atoms with Gasteiger partial charge in [0.25, 0.3) is 0 Å². The lowest BCUT2D eigenvalue weighted by Crippen LogP contribution is -2.10. The molecule has 0 fully saturated rings. The van der Waals surface area contributed by atoms with Gasteiger partial charge in [-0.2, -0.15) is 0 Å². The lowest BCUT2D eigenvalue weighted by atomic mass is 9.86. The Morgan fingerprint density at radius 2 is 1.69 bits per heavy atom. The second-order valence-electron chi connectivity index (χ2n) is 4.33. The van der Waals surface area contributed by atoms with Crippen LogP contribution in [0.4, 0.5) is 0 Å². The average Bonchev–Trinajstić information content (AvgIpc) is 2.04. The fraction of sp³-hybridized carbons (Fsp3) is 0.385. The minimum atomic E-state index is 0.231. The zero-order valence-electron chi connectivity index (χ0n) is 8.59. The van der Waals surface area contributed by atoms with Gasteiger partial charge in [0.2, 0.25) is 0 Å². The van der Waals surface area contributed by atoms with E-state index in [0.29, 0.717) is 0 Å². The van der Waals surface area contributed by atoms with Crippen LogP contribution in [-0.4, -0.2) is 0 Å². The third-order valence-corrected chi connectivity index (χ3v) is 2.13. The van der Waals surface area contributed by atoms with E-state index in [1.807, 2.05) is 0 Å². The fourth-order valence-electron chi connectivity index (χ4n) is 1.24. The first-order chi connectivity index (χ1) is 6.04.